The SMILES string of the molecule is O=C(Nc1nc(CC(=O)N2CCN(c3ccccc3)CC2)cs1)C1CC1. The van der Waals surface area contributed by atoms with Crippen molar-refractivity contribution in [1.29, 1.82) is 0 Å². The fourth-order valence-electron chi connectivity index (χ4n) is 3.12. The van der Waals surface area contributed by atoms with E-state index in [1.165, 1.54) is 17.0 Å². The maximum atomic E-state index is 12.5. The lowest BCUT2D eigenvalue weighted by Gasteiger charge is -2.36. The van der Waals surface area contributed by atoms with Crippen LogP contribution in [0.1, 0.15) is 18.5 Å². The Morgan fingerprint density at radius 3 is 2.54 bits per heavy atom. The van der Waals surface area contributed by atoms with Crippen LogP contribution in [0.15, 0.2) is 35.7 Å². The Kier molecular flexibility index (Phi) is 4.88. The molecule has 2 amide bonds. The molecule has 2 aromatic rings. The summed E-state index contributed by atoms with van der Waals surface area (Å²) in [5.41, 5.74) is 1.94. The molecule has 0 atom stereocenters. The number of nitrogens with zero attached hydrogens (tertiary/aromatic N) is 3. The van der Waals surface area contributed by atoms with Crippen LogP contribution in [-0.4, -0.2) is 47.9 Å². The second kappa shape index (κ2) is 7.45. The summed E-state index contributed by atoms with van der Waals surface area (Å²) in [6, 6.07) is 10.3. The molecule has 1 saturated heterocycles. The zero-order chi connectivity index (χ0) is 17.9. The summed E-state index contributed by atoms with van der Waals surface area (Å²) < 4.78 is 0. The molecule has 136 valence electrons. The third kappa shape index (κ3) is 4.04. The highest BCUT2D eigenvalue weighted by molar-refractivity contribution is 7.13. The number of benzene rings is 1. The van der Waals surface area contributed by atoms with Gasteiger partial charge in [-0.3, -0.25) is 9.59 Å². The first-order valence-corrected chi connectivity index (χ1v) is 9.90. The summed E-state index contributed by atoms with van der Waals surface area (Å²) in [5.74, 6) is 0.308. The zero-order valence-corrected chi connectivity index (χ0v) is 15.4. The van der Waals surface area contributed by atoms with Gasteiger partial charge in [0.1, 0.15) is 0 Å². The molecule has 6 nitrogen and oxygen atoms in total. The Labute approximate surface area is 156 Å². The first-order valence-electron chi connectivity index (χ1n) is 9.02. The number of para-hydroxylation sites is 1. The van der Waals surface area contributed by atoms with Gasteiger partial charge >= 0.3 is 0 Å². The summed E-state index contributed by atoms with van der Waals surface area (Å²) in [4.78, 5) is 32.9. The van der Waals surface area contributed by atoms with Crippen LogP contribution in [0, 0.1) is 5.92 Å². The van der Waals surface area contributed by atoms with E-state index in [1.807, 2.05) is 28.5 Å². The number of aromatic nitrogens is 1. The van der Waals surface area contributed by atoms with Crippen LogP contribution in [0.4, 0.5) is 10.8 Å². The largest absolute Gasteiger partial charge is 0.368 e. The Hall–Kier alpha value is -2.41. The van der Waals surface area contributed by atoms with Gasteiger partial charge in [0, 0.05) is 43.2 Å². The van der Waals surface area contributed by atoms with Crippen molar-refractivity contribution in [2.75, 3.05) is 36.4 Å². The molecule has 2 fully saturated rings. The van der Waals surface area contributed by atoms with Crippen molar-refractivity contribution < 1.29 is 9.59 Å². The van der Waals surface area contributed by atoms with Crippen molar-refractivity contribution in [1.82, 2.24) is 9.88 Å². The van der Waals surface area contributed by atoms with Gasteiger partial charge in [0.2, 0.25) is 11.8 Å². The minimum absolute atomic E-state index is 0.0502. The van der Waals surface area contributed by atoms with Crippen LogP contribution in [0.3, 0.4) is 0 Å². The molecule has 26 heavy (non-hydrogen) atoms. The van der Waals surface area contributed by atoms with Gasteiger partial charge in [-0.1, -0.05) is 18.2 Å². The average Bonchev–Trinajstić information content (AvgIpc) is 3.44. The van der Waals surface area contributed by atoms with Gasteiger partial charge in [-0.05, 0) is 25.0 Å². The second-order valence-corrected chi connectivity index (χ2v) is 7.65. The second-order valence-electron chi connectivity index (χ2n) is 6.79. The number of thiazole rings is 1. The number of anilines is 2. The topological polar surface area (TPSA) is 65.5 Å². The molecule has 1 aromatic heterocycles. The van der Waals surface area contributed by atoms with Crippen LogP contribution >= 0.6 is 11.3 Å². The number of hydrogen-bond acceptors (Lipinski definition) is 5. The van der Waals surface area contributed by atoms with Gasteiger partial charge in [-0.2, -0.15) is 0 Å². The summed E-state index contributed by atoms with van der Waals surface area (Å²) in [7, 11) is 0. The molecular formula is C19H22N4O2S. The maximum absolute atomic E-state index is 12.5. The van der Waals surface area contributed by atoms with E-state index in [0.717, 1.165) is 44.7 Å². The first kappa shape index (κ1) is 17.0. The highest BCUT2D eigenvalue weighted by atomic mass is 32.1. The predicted octanol–water partition coefficient (Wildman–Crippen LogP) is 2.38. The van der Waals surface area contributed by atoms with E-state index in [1.54, 1.807) is 0 Å². The van der Waals surface area contributed by atoms with Gasteiger partial charge in [0.25, 0.3) is 0 Å². The summed E-state index contributed by atoms with van der Waals surface area (Å²) >= 11 is 1.39. The van der Waals surface area contributed by atoms with E-state index in [-0.39, 0.29) is 17.7 Å². The minimum atomic E-state index is 0.0502. The minimum Gasteiger partial charge on any atom is -0.368 e. The molecular weight excluding hydrogens is 348 g/mol. The van der Waals surface area contributed by atoms with E-state index >= 15 is 0 Å². The monoisotopic (exact) mass is 370 g/mol. The van der Waals surface area contributed by atoms with Crippen molar-refractivity contribution in [3.05, 3.63) is 41.4 Å². The Morgan fingerprint density at radius 2 is 1.85 bits per heavy atom. The summed E-state index contributed by atoms with van der Waals surface area (Å²) in [6.45, 7) is 3.14. The van der Waals surface area contributed by atoms with Crippen LogP contribution in [0.25, 0.3) is 0 Å². The normalized spacial score (nSPS) is 17.2. The van der Waals surface area contributed by atoms with Gasteiger partial charge in [0.15, 0.2) is 5.13 Å². The Balaban J connectivity index is 1.27. The standard InChI is InChI=1S/C19H22N4O2S/c24-17(12-15-13-26-19(20-15)21-18(25)14-6-7-14)23-10-8-22(9-11-23)16-4-2-1-3-5-16/h1-5,13-14H,6-12H2,(H,20,21,25). The molecule has 0 bridgehead atoms. The maximum Gasteiger partial charge on any atom is 0.229 e. The molecule has 1 aromatic carbocycles. The number of rotatable bonds is 5. The lowest BCUT2D eigenvalue weighted by atomic mass is 10.2. The van der Waals surface area contributed by atoms with Crippen molar-refractivity contribution >= 4 is 34.0 Å². The molecule has 1 N–H and O–H groups in total. The molecule has 1 aliphatic carbocycles. The zero-order valence-electron chi connectivity index (χ0n) is 14.6. The van der Waals surface area contributed by atoms with Crippen LogP contribution in [0.2, 0.25) is 0 Å². The van der Waals surface area contributed by atoms with Crippen LogP contribution in [-0.2, 0) is 16.0 Å². The van der Waals surface area contributed by atoms with E-state index in [4.69, 9.17) is 0 Å². The lowest BCUT2D eigenvalue weighted by Crippen LogP contribution is -2.49. The highest BCUT2D eigenvalue weighted by Gasteiger charge is 2.30. The van der Waals surface area contributed by atoms with Gasteiger partial charge in [0.05, 0.1) is 12.1 Å². The fourth-order valence-corrected chi connectivity index (χ4v) is 3.83. The van der Waals surface area contributed by atoms with E-state index < -0.39 is 0 Å². The Bertz CT molecular complexity index is 780. The molecule has 2 heterocycles. The molecule has 2 aliphatic rings. The molecule has 7 heteroatoms. The van der Waals surface area contributed by atoms with Crippen LogP contribution in [0.5, 0.6) is 0 Å². The summed E-state index contributed by atoms with van der Waals surface area (Å²) in [6.07, 6.45) is 2.23. The molecule has 1 saturated carbocycles. The molecule has 1 aliphatic heterocycles. The molecule has 0 unspecified atom stereocenters. The smallest absolute Gasteiger partial charge is 0.229 e. The molecule has 0 spiro atoms. The lowest BCUT2D eigenvalue weighted by molar-refractivity contribution is -0.130. The highest BCUT2D eigenvalue weighted by Crippen LogP contribution is 2.30. The third-order valence-corrected chi connectivity index (χ3v) is 5.62. The number of piperazine rings is 1. The quantitative estimate of drug-likeness (QED) is 0.878. The van der Waals surface area contributed by atoms with Crippen LogP contribution < -0.4 is 10.2 Å². The summed E-state index contributed by atoms with van der Waals surface area (Å²) in [5, 5.41) is 5.30. The molecule has 4 rings (SSSR count). The number of carbonyl (C=O) groups excluding carboxylic acids is 2. The van der Waals surface area contributed by atoms with E-state index in [0.29, 0.717) is 11.6 Å². The van der Waals surface area contributed by atoms with E-state index in [2.05, 4.69) is 27.3 Å². The van der Waals surface area contributed by atoms with Gasteiger partial charge in [-0.15, -0.1) is 11.3 Å². The van der Waals surface area contributed by atoms with Gasteiger partial charge < -0.3 is 15.1 Å². The third-order valence-electron chi connectivity index (χ3n) is 4.82. The van der Waals surface area contributed by atoms with Gasteiger partial charge in [-0.25, -0.2) is 4.98 Å². The number of carbonyl (C=O) groups is 2. The van der Waals surface area contributed by atoms with Crippen molar-refractivity contribution in [2.24, 2.45) is 5.92 Å². The first-order chi connectivity index (χ1) is 12.7. The molecule has 0 radical (unpaired) electrons. The van der Waals surface area contributed by atoms with E-state index in [9.17, 15) is 9.59 Å². The Morgan fingerprint density at radius 1 is 1.12 bits per heavy atom. The fraction of sp³-hybridized carbons (Fsp3) is 0.421. The number of nitrogens with one attached hydrogen (secondary N) is 1. The van der Waals surface area contributed by atoms with Crippen molar-refractivity contribution in [2.45, 2.75) is 19.3 Å². The number of amides is 2. The van der Waals surface area contributed by atoms with Crippen molar-refractivity contribution in [3.8, 4) is 0 Å². The van der Waals surface area contributed by atoms with Crippen molar-refractivity contribution in [3.63, 3.8) is 0 Å². The average molecular weight is 370 g/mol. The number of hydrogen-bond donors (Lipinski definition) is 1. The predicted molar refractivity (Wildman–Crippen MR) is 102 cm³/mol.